The first-order chi connectivity index (χ1) is 8.15. The second-order valence-electron chi connectivity index (χ2n) is 4.67. The number of thioether (sulfide) groups is 1. The van der Waals surface area contributed by atoms with Gasteiger partial charge in [0.05, 0.1) is 0 Å². The van der Waals surface area contributed by atoms with E-state index in [1.807, 2.05) is 11.8 Å². The van der Waals surface area contributed by atoms with Crippen LogP contribution >= 0.6 is 24.0 Å². The molecule has 1 atom stereocenters. The average molecular weight is 272 g/mol. The highest BCUT2D eigenvalue weighted by Gasteiger charge is 2.29. The second kappa shape index (κ2) is 5.44. The van der Waals surface area contributed by atoms with Crippen molar-refractivity contribution in [3.8, 4) is 0 Å². The molecule has 6 heteroatoms. The summed E-state index contributed by atoms with van der Waals surface area (Å²) in [5.41, 5.74) is 0. The normalized spacial score (nSPS) is 17.1. The van der Waals surface area contributed by atoms with Gasteiger partial charge in [0.15, 0.2) is 4.77 Å². The van der Waals surface area contributed by atoms with E-state index >= 15 is 0 Å². The molecule has 4 nitrogen and oxygen atoms in total. The standard InChI is InChI=1S/C11H20N4S2/c1-8(6-7-17-3)14(2)10-12-13-11(16)15(10)9-4-5-9/h8-9H,4-7H2,1-3H3,(H,13,16). The van der Waals surface area contributed by atoms with Gasteiger partial charge in [-0.05, 0) is 50.4 Å². The maximum atomic E-state index is 5.30. The van der Waals surface area contributed by atoms with Crippen molar-refractivity contribution in [2.75, 3.05) is 24.0 Å². The molecule has 1 N–H and O–H groups in total. The molecule has 0 amide bonds. The van der Waals surface area contributed by atoms with Crippen molar-refractivity contribution in [2.24, 2.45) is 0 Å². The molecule has 1 unspecified atom stereocenters. The van der Waals surface area contributed by atoms with Crippen LogP contribution in [-0.2, 0) is 0 Å². The Morgan fingerprint density at radius 2 is 2.35 bits per heavy atom. The maximum Gasteiger partial charge on any atom is 0.225 e. The van der Waals surface area contributed by atoms with Gasteiger partial charge in [-0.15, -0.1) is 5.10 Å². The van der Waals surface area contributed by atoms with E-state index in [2.05, 4.69) is 39.9 Å². The summed E-state index contributed by atoms with van der Waals surface area (Å²) in [6.45, 7) is 2.24. The van der Waals surface area contributed by atoms with E-state index in [0.29, 0.717) is 12.1 Å². The Bertz CT molecular complexity index is 421. The maximum absolute atomic E-state index is 5.30. The molecule has 1 aliphatic carbocycles. The van der Waals surface area contributed by atoms with Crippen LogP contribution < -0.4 is 4.90 Å². The number of rotatable bonds is 6. The second-order valence-corrected chi connectivity index (χ2v) is 6.04. The van der Waals surface area contributed by atoms with Crippen LogP contribution in [0, 0.1) is 4.77 Å². The molecule has 1 saturated carbocycles. The molecule has 0 aliphatic heterocycles. The molecule has 2 rings (SSSR count). The Hall–Kier alpha value is -0.490. The van der Waals surface area contributed by atoms with Crippen LogP contribution in [0.3, 0.4) is 0 Å². The van der Waals surface area contributed by atoms with E-state index in [0.717, 1.165) is 10.7 Å². The lowest BCUT2D eigenvalue weighted by molar-refractivity contribution is 0.620. The van der Waals surface area contributed by atoms with Crippen LogP contribution in [0.15, 0.2) is 0 Å². The van der Waals surface area contributed by atoms with E-state index in [9.17, 15) is 0 Å². The SMILES string of the molecule is CSCCC(C)N(C)c1n[nH]c(=S)n1C1CC1. The van der Waals surface area contributed by atoms with Gasteiger partial charge in [0.25, 0.3) is 0 Å². The quantitative estimate of drug-likeness (QED) is 0.808. The Balaban J connectivity index is 2.13. The van der Waals surface area contributed by atoms with Crippen molar-refractivity contribution in [3.05, 3.63) is 4.77 Å². The molecule has 1 heterocycles. The summed E-state index contributed by atoms with van der Waals surface area (Å²) in [5, 5.41) is 7.29. The lowest BCUT2D eigenvalue weighted by atomic mass is 10.2. The third-order valence-corrected chi connectivity index (χ3v) is 4.25. The van der Waals surface area contributed by atoms with Crippen LogP contribution in [0.2, 0.25) is 0 Å². The van der Waals surface area contributed by atoms with Crippen LogP contribution in [0.5, 0.6) is 0 Å². The van der Waals surface area contributed by atoms with Gasteiger partial charge < -0.3 is 4.90 Å². The topological polar surface area (TPSA) is 36.9 Å². The number of aromatic amines is 1. The Labute approximate surface area is 112 Å². The molecule has 1 fully saturated rings. The molecule has 0 spiro atoms. The summed E-state index contributed by atoms with van der Waals surface area (Å²) in [6.07, 6.45) is 5.77. The summed E-state index contributed by atoms with van der Waals surface area (Å²) in [6, 6.07) is 1.07. The minimum absolute atomic E-state index is 0.491. The zero-order chi connectivity index (χ0) is 12.4. The van der Waals surface area contributed by atoms with Crippen molar-refractivity contribution < 1.29 is 0 Å². The highest BCUT2D eigenvalue weighted by Crippen LogP contribution is 2.37. The minimum Gasteiger partial charge on any atom is -0.341 e. The highest BCUT2D eigenvalue weighted by atomic mass is 32.2. The smallest absolute Gasteiger partial charge is 0.225 e. The summed E-state index contributed by atoms with van der Waals surface area (Å²) in [5.74, 6) is 2.17. The van der Waals surface area contributed by atoms with Crippen LogP contribution in [0.1, 0.15) is 32.2 Å². The summed E-state index contributed by atoms with van der Waals surface area (Å²) in [7, 11) is 2.11. The van der Waals surface area contributed by atoms with Gasteiger partial charge in [-0.25, -0.2) is 5.10 Å². The van der Waals surface area contributed by atoms with Gasteiger partial charge in [0.2, 0.25) is 5.95 Å². The lowest BCUT2D eigenvalue weighted by Crippen LogP contribution is -2.31. The van der Waals surface area contributed by atoms with Crippen LogP contribution in [0.4, 0.5) is 5.95 Å². The number of anilines is 1. The van der Waals surface area contributed by atoms with E-state index in [1.54, 1.807) is 0 Å². The Kier molecular flexibility index (Phi) is 4.14. The van der Waals surface area contributed by atoms with Crippen molar-refractivity contribution in [1.82, 2.24) is 14.8 Å². The first kappa shape index (κ1) is 13.0. The predicted octanol–water partition coefficient (Wildman–Crippen LogP) is 2.85. The molecule has 1 aromatic heterocycles. The molecule has 0 saturated heterocycles. The summed E-state index contributed by atoms with van der Waals surface area (Å²) in [4.78, 5) is 2.24. The first-order valence-corrected chi connectivity index (χ1v) is 7.84. The minimum atomic E-state index is 0.491. The van der Waals surface area contributed by atoms with Gasteiger partial charge in [0.1, 0.15) is 0 Å². The number of aromatic nitrogens is 3. The van der Waals surface area contributed by atoms with Gasteiger partial charge in [-0.2, -0.15) is 11.8 Å². The predicted molar refractivity (Wildman–Crippen MR) is 76.5 cm³/mol. The van der Waals surface area contributed by atoms with E-state index in [4.69, 9.17) is 12.2 Å². The molecule has 0 bridgehead atoms. The highest BCUT2D eigenvalue weighted by molar-refractivity contribution is 7.98. The van der Waals surface area contributed by atoms with Gasteiger partial charge in [-0.3, -0.25) is 4.57 Å². The Morgan fingerprint density at radius 3 is 2.94 bits per heavy atom. The zero-order valence-corrected chi connectivity index (χ0v) is 12.3. The fourth-order valence-corrected chi connectivity index (χ4v) is 2.74. The molecule has 0 radical (unpaired) electrons. The monoisotopic (exact) mass is 272 g/mol. The average Bonchev–Trinajstić information content (AvgIpc) is 3.08. The third kappa shape index (κ3) is 2.85. The van der Waals surface area contributed by atoms with Crippen molar-refractivity contribution in [3.63, 3.8) is 0 Å². The fraction of sp³-hybridized carbons (Fsp3) is 0.818. The van der Waals surface area contributed by atoms with Crippen LogP contribution in [-0.4, -0.2) is 39.9 Å². The number of nitrogens with one attached hydrogen (secondary N) is 1. The number of hydrogen-bond donors (Lipinski definition) is 1. The zero-order valence-electron chi connectivity index (χ0n) is 10.6. The molecular weight excluding hydrogens is 252 g/mol. The van der Waals surface area contributed by atoms with Gasteiger partial charge >= 0.3 is 0 Å². The van der Waals surface area contributed by atoms with E-state index < -0.39 is 0 Å². The molecule has 96 valence electrons. The van der Waals surface area contributed by atoms with Gasteiger partial charge in [0, 0.05) is 19.1 Å². The van der Waals surface area contributed by atoms with E-state index in [-0.39, 0.29) is 0 Å². The number of nitrogens with zero attached hydrogens (tertiary/aromatic N) is 3. The largest absolute Gasteiger partial charge is 0.341 e. The molecule has 0 aromatic carbocycles. The number of H-pyrrole nitrogens is 1. The third-order valence-electron chi connectivity index (χ3n) is 3.31. The molecule has 17 heavy (non-hydrogen) atoms. The Morgan fingerprint density at radius 1 is 1.65 bits per heavy atom. The molecule has 1 aliphatic rings. The van der Waals surface area contributed by atoms with Crippen molar-refractivity contribution in [2.45, 2.75) is 38.3 Å². The van der Waals surface area contributed by atoms with Crippen molar-refractivity contribution in [1.29, 1.82) is 0 Å². The first-order valence-electron chi connectivity index (χ1n) is 6.03. The number of hydrogen-bond acceptors (Lipinski definition) is 4. The fourth-order valence-electron chi connectivity index (χ4n) is 1.89. The van der Waals surface area contributed by atoms with Crippen LogP contribution in [0.25, 0.3) is 0 Å². The van der Waals surface area contributed by atoms with E-state index in [1.165, 1.54) is 25.0 Å². The summed E-state index contributed by atoms with van der Waals surface area (Å²) >= 11 is 7.18. The lowest BCUT2D eigenvalue weighted by Gasteiger charge is -2.25. The van der Waals surface area contributed by atoms with Crippen molar-refractivity contribution >= 4 is 29.9 Å². The van der Waals surface area contributed by atoms with Gasteiger partial charge in [-0.1, -0.05) is 0 Å². The molecule has 1 aromatic rings. The molecular formula is C11H20N4S2. The summed E-state index contributed by atoms with van der Waals surface area (Å²) < 4.78 is 2.93.